The van der Waals surface area contributed by atoms with Crippen molar-refractivity contribution in [3.63, 3.8) is 0 Å². The van der Waals surface area contributed by atoms with E-state index < -0.39 is 17.8 Å². The second kappa shape index (κ2) is 9.32. The van der Waals surface area contributed by atoms with Gasteiger partial charge in [0, 0.05) is 0 Å². The molecule has 0 aliphatic heterocycles. The molecule has 152 valence electrons. The summed E-state index contributed by atoms with van der Waals surface area (Å²) < 4.78 is 38.6. The first-order valence-corrected chi connectivity index (χ1v) is 9.57. The first-order valence-electron chi connectivity index (χ1n) is 9.19. The molecule has 0 aliphatic carbocycles. The van der Waals surface area contributed by atoms with Gasteiger partial charge in [0.25, 0.3) is 0 Å². The highest BCUT2D eigenvalue weighted by Crippen LogP contribution is 2.34. The number of nitrogens with one attached hydrogen (secondary N) is 2. The largest absolute Gasteiger partial charge is 0.416 e. The Bertz CT molecular complexity index is 806. The summed E-state index contributed by atoms with van der Waals surface area (Å²) in [5.74, 6) is 0.452. The SMILES string of the molecule is CCC(C)c1ccc(C(CC)NC(=O)Nc2cc(C(F)(F)F)ccc2Cl)cc1. The number of carbonyl (C=O) groups is 1. The van der Waals surface area contributed by atoms with E-state index in [2.05, 4.69) is 24.5 Å². The van der Waals surface area contributed by atoms with Crippen LogP contribution < -0.4 is 10.6 Å². The van der Waals surface area contributed by atoms with E-state index in [1.807, 2.05) is 31.2 Å². The van der Waals surface area contributed by atoms with Crippen LogP contribution in [0, 0.1) is 0 Å². The molecule has 2 amide bonds. The third-order valence-electron chi connectivity index (χ3n) is 4.78. The van der Waals surface area contributed by atoms with Crippen molar-refractivity contribution in [2.24, 2.45) is 0 Å². The fourth-order valence-corrected chi connectivity index (χ4v) is 2.99. The molecule has 28 heavy (non-hydrogen) atoms. The van der Waals surface area contributed by atoms with E-state index in [1.165, 1.54) is 5.56 Å². The first-order chi connectivity index (χ1) is 13.2. The van der Waals surface area contributed by atoms with Crippen molar-refractivity contribution in [3.8, 4) is 0 Å². The van der Waals surface area contributed by atoms with Crippen LogP contribution in [0.2, 0.25) is 5.02 Å². The summed E-state index contributed by atoms with van der Waals surface area (Å²) in [6.45, 7) is 6.19. The van der Waals surface area contributed by atoms with Gasteiger partial charge in [-0.2, -0.15) is 13.2 Å². The zero-order valence-corrected chi connectivity index (χ0v) is 16.8. The van der Waals surface area contributed by atoms with E-state index in [9.17, 15) is 18.0 Å². The molecule has 0 aromatic heterocycles. The molecule has 2 unspecified atom stereocenters. The lowest BCUT2D eigenvalue weighted by atomic mass is 9.95. The highest BCUT2D eigenvalue weighted by molar-refractivity contribution is 6.33. The van der Waals surface area contributed by atoms with Crippen molar-refractivity contribution in [2.75, 3.05) is 5.32 Å². The fraction of sp³-hybridized carbons (Fsp3) is 0.381. The Balaban J connectivity index is 2.10. The molecule has 0 fully saturated rings. The molecule has 0 bridgehead atoms. The fourth-order valence-electron chi connectivity index (χ4n) is 2.83. The number of urea groups is 1. The van der Waals surface area contributed by atoms with E-state index in [-0.39, 0.29) is 16.8 Å². The Morgan fingerprint density at radius 3 is 2.18 bits per heavy atom. The predicted molar refractivity (Wildman–Crippen MR) is 107 cm³/mol. The number of carbonyl (C=O) groups excluding carboxylic acids is 1. The molecule has 2 aromatic carbocycles. The number of halogens is 4. The lowest BCUT2D eigenvalue weighted by Gasteiger charge is -2.20. The lowest BCUT2D eigenvalue weighted by molar-refractivity contribution is -0.137. The highest BCUT2D eigenvalue weighted by atomic mass is 35.5. The van der Waals surface area contributed by atoms with Crippen LogP contribution >= 0.6 is 11.6 Å². The predicted octanol–water partition coefficient (Wildman–Crippen LogP) is 7.15. The maximum Gasteiger partial charge on any atom is 0.416 e. The Morgan fingerprint density at radius 1 is 1.04 bits per heavy atom. The quantitative estimate of drug-likeness (QED) is 0.519. The topological polar surface area (TPSA) is 41.1 Å². The Hall–Kier alpha value is -2.21. The molecule has 0 heterocycles. The number of hydrogen-bond acceptors (Lipinski definition) is 1. The van der Waals surface area contributed by atoms with Crippen molar-refractivity contribution >= 4 is 23.3 Å². The Morgan fingerprint density at radius 2 is 1.64 bits per heavy atom. The average Bonchev–Trinajstić information content (AvgIpc) is 2.66. The monoisotopic (exact) mass is 412 g/mol. The van der Waals surface area contributed by atoms with Crippen molar-refractivity contribution in [1.29, 1.82) is 0 Å². The van der Waals surface area contributed by atoms with Gasteiger partial charge in [0.1, 0.15) is 0 Å². The molecular formula is C21H24ClF3N2O. The van der Waals surface area contributed by atoms with Crippen LogP contribution in [0.5, 0.6) is 0 Å². The zero-order chi connectivity index (χ0) is 20.9. The molecule has 2 N–H and O–H groups in total. The zero-order valence-electron chi connectivity index (χ0n) is 16.0. The molecule has 0 saturated carbocycles. The van der Waals surface area contributed by atoms with Crippen LogP contribution in [0.25, 0.3) is 0 Å². The van der Waals surface area contributed by atoms with Gasteiger partial charge in [-0.3, -0.25) is 0 Å². The van der Waals surface area contributed by atoms with Crippen molar-refractivity contribution in [3.05, 3.63) is 64.2 Å². The minimum atomic E-state index is -4.51. The lowest BCUT2D eigenvalue weighted by Crippen LogP contribution is -2.32. The maximum atomic E-state index is 12.9. The molecule has 0 spiro atoms. The van der Waals surface area contributed by atoms with E-state index in [0.717, 1.165) is 30.2 Å². The van der Waals surface area contributed by atoms with Crippen LogP contribution in [-0.2, 0) is 6.18 Å². The van der Waals surface area contributed by atoms with E-state index >= 15 is 0 Å². The second-order valence-electron chi connectivity index (χ2n) is 6.73. The van der Waals surface area contributed by atoms with E-state index in [4.69, 9.17) is 11.6 Å². The minimum absolute atomic E-state index is 0.0362. The number of rotatable bonds is 6. The van der Waals surface area contributed by atoms with Gasteiger partial charge < -0.3 is 10.6 Å². The van der Waals surface area contributed by atoms with Crippen LogP contribution in [0.3, 0.4) is 0 Å². The molecule has 0 aliphatic rings. The summed E-state index contributed by atoms with van der Waals surface area (Å²) in [4.78, 5) is 12.3. The van der Waals surface area contributed by atoms with Gasteiger partial charge in [0.15, 0.2) is 0 Å². The molecule has 2 rings (SSSR count). The third kappa shape index (κ3) is 5.64. The van der Waals surface area contributed by atoms with Crippen molar-refractivity contribution < 1.29 is 18.0 Å². The first kappa shape index (κ1) is 22.1. The smallest absolute Gasteiger partial charge is 0.331 e. The summed E-state index contributed by atoms with van der Waals surface area (Å²) in [6, 6.07) is 9.94. The normalized spacial score (nSPS) is 13.7. The highest BCUT2D eigenvalue weighted by Gasteiger charge is 2.31. The number of alkyl halides is 3. The van der Waals surface area contributed by atoms with Gasteiger partial charge in [-0.05, 0) is 48.1 Å². The van der Waals surface area contributed by atoms with E-state index in [1.54, 1.807) is 0 Å². The summed E-state index contributed by atoms with van der Waals surface area (Å²) in [5, 5.41) is 5.24. The molecular weight excluding hydrogens is 389 g/mol. The standard InChI is InChI=1S/C21H24ClF3N2O/c1-4-13(3)14-6-8-15(9-7-14)18(5-2)26-20(28)27-19-12-16(21(23,24)25)10-11-17(19)22/h6-13,18H,4-5H2,1-3H3,(H2,26,27,28). The summed E-state index contributed by atoms with van der Waals surface area (Å²) in [5.41, 5.74) is 1.19. The molecule has 0 radical (unpaired) electrons. The number of benzene rings is 2. The van der Waals surface area contributed by atoms with E-state index in [0.29, 0.717) is 12.3 Å². The van der Waals surface area contributed by atoms with Crippen LogP contribution in [0.4, 0.5) is 23.7 Å². The molecule has 3 nitrogen and oxygen atoms in total. The molecule has 2 aromatic rings. The van der Waals surface area contributed by atoms with Gasteiger partial charge in [0.05, 0.1) is 22.3 Å². The van der Waals surface area contributed by atoms with Crippen LogP contribution in [0.15, 0.2) is 42.5 Å². The third-order valence-corrected chi connectivity index (χ3v) is 5.11. The summed E-state index contributed by atoms with van der Waals surface area (Å²) >= 11 is 5.93. The van der Waals surface area contributed by atoms with Gasteiger partial charge in [-0.1, -0.05) is 56.6 Å². The number of amides is 2. The maximum absolute atomic E-state index is 12.9. The van der Waals surface area contributed by atoms with Gasteiger partial charge in [0.2, 0.25) is 0 Å². The molecule has 7 heteroatoms. The van der Waals surface area contributed by atoms with Gasteiger partial charge in [-0.15, -0.1) is 0 Å². The van der Waals surface area contributed by atoms with Crippen LogP contribution in [0.1, 0.15) is 62.3 Å². The summed E-state index contributed by atoms with van der Waals surface area (Å²) in [6.07, 6.45) is -2.85. The van der Waals surface area contributed by atoms with Crippen molar-refractivity contribution in [1.82, 2.24) is 5.32 Å². The van der Waals surface area contributed by atoms with Crippen LogP contribution in [-0.4, -0.2) is 6.03 Å². The second-order valence-corrected chi connectivity index (χ2v) is 7.13. The minimum Gasteiger partial charge on any atom is -0.331 e. The number of hydrogen-bond donors (Lipinski definition) is 2. The van der Waals surface area contributed by atoms with Gasteiger partial charge >= 0.3 is 12.2 Å². The number of anilines is 1. The molecule has 0 saturated heterocycles. The van der Waals surface area contributed by atoms with Gasteiger partial charge in [-0.25, -0.2) is 4.79 Å². The average molecular weight is 413 g/mol. The Kier molecular flexibility index (Phi) is 7.35. The summed E-state index contributed by atoms with van der Waals surface area (Å²) in [7, 11) is 0. The Labute approximate surface area is 168 Å². The molecule has 2 atom stereocenters. The van der Waals surface area contributed by atoms with Crippen molar-refractivity contribution in [2.45, 2.75) is 51.7 Å².